The molecule has 2 heteroatoms. The van der Waals surface area contributed by atoms with Gasteiger partial charge in [0, 0.05) is 27.3 Å². The largest absolute Gasteiger partial charge is 0.340 e. The molecule has 17 heavy (non-hydrogen) atoms. The van der Waals surface area contributed by atoms with Gasteiger partial charge in [0.15, 0.2) is 0 Å². The number of benzene rings is 2. The topological polar surface area (TPSA) is 4.93 Å². The summed E-state index contributed by atoms with van der Waals surface area (Å²) in [6.45, 7) is 3.28. The smallest absolute Gasteiger partial charge is 0.0635 e. The number of hydrogen-bond donors (Lipinski definition) is 0. The molecule has 2 aromatic carbocycles. The summed E-state index contributed by atoms with van der Waals surface area (Å²) in [5.41, 5.74) is 2.65. The third-order valence-electron chi connectivity index (χ3n) is 3.19. The van der Waals surface area contributed by atoms with Gasteiger partial charge in [-0.15, -0.1) is 0 Å². The van der Waals surface area contributed by atoms with E-state index in [-0.39, 0.29) is 0 Å². The van der Waals surface area contributed by atoms with E-state index in [4.69, 9.17) is 0 Å². The fourth-order valence-corrected chi connectivity index (χ4v) is 3.10. The number of aromatic nitrogens is 1. The summed E-state index contributed by atoms with van der Waals surface area (Å²) in [5.74, 6) is 0. The SMILES string of the molecule is CCCn1c2ccccc2c2cccc(Br)c21. The Hall–Kier alpha value is -1.28. The van der Waals surface area contributed by atoms with E-state index in [1.54, 1.807) is 0 Å². The van der Waals surface area contributed by atoms with Gasteiger partial charge < -0.3 is 4.57 Å². The van der Waals surface area contributed by atoms with Crippen molar-refractivity contribution in [3.8, 4) is 0 Å². The molecule has 1 aromatic heterocycles. The average molecular weight is 288 g/mol. The van der Waals surface area contributed by atoms with Crippen LogP contribution in [-0.4, -0.2) is 4.57 Å². The van der Waals surface area contributed by atoms with E-state index in [9.17, 15) is 0 Å². The van der Waals surface area contributed by atoms with Crippen molar-refractivity contribution in [1.82, 2.24) is 4.57 Å². The van der Waals surface area contributed by atoms with Crippen LogP contribution in [0.2, 0.25) is 0 Å². The van der Waals surface area contributed by atoms with E-state index >= 15 is 0 Å². The van der Waals surface area contributed by atoms with Crippen LogP contribution in [0.15, 0.2) is 46.9 Å². The Labute approximate surface area is 109 Å². The number of rotatable bonds is 2. The molecule has 0 amide bonds. The van der Waals surface area contributed by atoms with Gasteiger partial charge in [0.25, 0.3) is 0 Å². The van der Waals surface area contributed by atoms with E-state index in [0.29, 0.717) is 0 Å². The molecule has 3 aromatic rings. The minimum absolute atomic E-state index is 1.06. The summed E-state index contributed by atoms with van der Waals surface area (Å²) < 4.78 is 3.59. The van der Waals surface area contributed by atoms with Crippen molar-refractivity contribution >= 4 is 37.7 Å². The van der Waals surface area contributed by atoms with Gasteiger partial charge in [0.05, 0.1) is 5.52 Å². The van der Waals surface area contributed by atoms with Crippen LogP contribution in [-0.2, 0) is 6.54 Å². The highest BCUT2D eigenvalue weighted by Crippen LogP contribution is 2.33. The summed E-state index contributed by atoms with van der Waals surface area (Å²) in [6, 6.07) is 15.1. The molecule has 0 bridgehead atoms. The molecular formula is C15H14BrN. The normalized spacial score (nSPS) is 11.4. The second-order valence-electron chi connectivity index (χ2n) is 4.30. The number of halogens is 1. The zero-order valence-electron chi connectivity index (χ0n) is 9.78. The molecule has 0 aliphatic carbocycles. The van der Waals surface area contributed by atoms with Gasteiger partial charge in [-0.25, -0.2) is 0 Å². The lowest BCUT2D eigenvalue weighted by atomic mass is 10.2. The number of aryl methyl sites for hydroxylation is 1. The molecule has 0 aliphatic rings. The fourth-order valence-electron chi connectivity index (χ4n) is 2.52. The molecule has 1 nitrogen and oxygen atoms in total. The highest BCUT2D eigenvalue weighted by Gasteiger charge is 2.11. The number of fused-ring (bicyclic) bond motifs is 3. The quantitative estimate of drug-likeness (QED) is 0.627. The molecule has 1 heterocycles. The third-order valence-corrected chi connectivity index (χ3v) is 3.83. The predicted octanol–water partition coefficient (Wildman–Crippen LogP) is 4.97. The van der Waals surface area contributed by atoms with Crippen LogP contribution in [0.5, 0.6) is 0 Å². The standard InChI is InChI=1S/C15H14BrN/c1-2-10-17-14-9-4-3-6-11(14)12-7-5-8-13(16)15(12)17/h3-9H,2,10H2,1H3. The molecule has 86 valence electrons. The minimum Gasteiger partial charge on any atom is -0.340 e. The van der Waals surface area contributed by atoms with Crippen LogP contribution >= 0.6 is 15.9 Å². The number of nitrogens with zero attached hydrogens (tertiary/aromatic N) is 1. The van der Waals surface area contributed by atoms with Gasteiger partial charge >= 0.3 is 0 Å². The average Bonchev–Trinajstić information content (AvgIpc) is 2.67. The lowest BCUT2D eigenvalue weighted by molar-refractivity contribution is 0.723. The maximum Gasteiger partial charge on any atom is 0.0635 e. The molecule has 0 saturated carbocycles. The maximum atomic E-state index is 3.67. The Bertz CT molecular complexity index is 682. The summed E-state index contributed by atoms with van der Waals surface area (Å²) in [7, 11) is 0. The van der Waals surface area contributed by atoms with Gasteiger partial charge in [-0.2, -0.15) is 0 Å². The van der Waals surface area contributed by atoms with E-state index < -0.39 is 0 Å². The van der Waals surface area contributed by atoms with Gasteiger partial charge in [-0.1, -0.05) is 37.3 Å². The molecule has 0 unspecified atom stereocenters. The Morgan fingerprint density at radius 3 is 2.59 bits per heavy atom. The van der Waals surface area contributed by atoms with Crippen LogP contribution < -0.4 is 0 Å². The zero-order valence-corrected chi connectivity index (χ0v) is 11.4. The monoisotopic (exact) mass is 287 g/mol. The van der Waals surface area contributed by atoms with Crippen molar-refractivity contribution in [2.45, 2.75) is 19.9 Å². The summed E-state index contributed by atoms with van der Waals surface area (Å²) in [5, 5.41) is 2.68. The Kier molecular flexibility index (Phi) is 2.67. The summed E-state index contributed by atoms with van der Waals surface area (Å²) >= 11 is 3.67. The van der Waals surface area contributed by atoms with Gasteiger partial charge in [0.2, 0.25) is 0 Å². The number of hydrogen-bond acceptors (Lipinski definition) is 0. The summed E-state index contributed by atoms with van der Waals surface area (Å²) in [4.78, 5) is 0. The van der Waals surface area contributed by atoms with E-state index in [0.717, 1.165) is 13.0 Å². The van der Waals surface area contributed by atoms with Crippen LogP contribution in [0.25, 0.3) is 21.8 Å². The molecule has 0 N–H and O–H groups in total. The highest BCUT2D eigenvalue weighted by atomic mass is 79.9. The second kappa shape index (κ2) is 4.19. The zero-order chi connectivity index (χ0) is 11.8. The van der Waals surface area contributed by atoms with Gasteiger partial charge in [-0.05, 0) is 34.5 Å². The Balaban J connectivity index is 2.53. The van der Waals surface area contributed by atoms with Crippen LogP contribution in [0.1, 0.15) is 13.3 Å². The number of para-hydroxylation sites is 2. The van der Waals surface area contributed by atoms with E-state index in [2.05, 4.69) is 69.9 Å². The van der Waals surface area contributed by atoms with E-state index in [1.807, 2.05) is 0 Å². The van der Waals surface area contributed by atoms with E-state index in [1.165, 1.54) is 26.3 Å². The highest BCUT2D eigenvalue weighted by molar-refractivity contribution is 9.10. The molecule has 0 radical (unpaired) electrons. The van der Waals surface area contributed by atoms with Crippen LogP contribution in [0.3, 0.4) is 0 Å². The van der Waals surface area contributed by atoms with Gasteiger partial charge in [0.1, 0.15) is 0 Å². The van der Waals surface area contributed by atoms with Crippen molar-refractivity contribution in [2.24, 2.45) is 0 Å². The first-order chi connectivity index (χ1) is 8.33. The first-order valence-corrected chi connectivity index (χ1v) is 6.77. The Morgan fingerprint density at radius 2 is 1.76 bits per heavy atom. The molecule has 0 spiro atoms. The lowest BCUT2D eigenvalue weighted by Crippen LogP contribution is -1.96. The third kappa shape index (κ3) is 1.59. The van der Waals surface area contributed by atoms with Crippen molar-refractivity contribution in [1.29, 1.82) is 0 Å². The predicted molar refractivity (Wildman–Crippen MR) is 77.4 cm³/mol. The maximum absolute atomic E-state index is 3.67. The van der Waals surface area contributed by atoms with Crippen LogP contribution in [0.4, 0.5) is 0 Å². The van der Waals surface area contributed by atoms with Crippen molar-refractivity contribution in [2.75, 3.05) is 0 Å². The molecule has 0 aliphatic heterocycles. The molecular weight excluding hydrogens is 274 g/mol. The van der Waals surface area contributed by atoms with Crippen molar-refractivity contribution in [3.05, 3.63) is 46.9 Å². The molecule has 0 saturated heterocycles. The summed E-state index contributed by atoms with van der Waals surface area (Å²) in [6.07, 6.45) is 1.15. The van der Waals surface area contributed by atoms with Crippen LogP contribution in [0, 0.1) is 0 Å². The first-order valence-electron chi connectivity index (χ1n) is 5.98. The Morgan fingerprint density at radius 1 is 1.00 bits per heavy atom. The fraction of sp³-hybridized carbons (Fsp3) is 0.200. The molecule has 0 atom stereocenters. The molecule has 0 fully saturated rings. The van der Waals surface area contributed by atoms with Crippen molar-refractivity contribution < 1.29 is 0 Å². The van der Waals surface area contributed by atoms with Crippen molar-refractivity contribution in [3.63, 3.8) is 0 Å². The second-order valence-corrected chi connectivity index (χ2v) is 5.16. The van der Waals surface area contributed by atoms with Gasteiger partial charge in [-0.3, -0.25) is 0 Å². The minimum atomic E-state index is 1.06. The lowest BCUT2D eigenvalue weighted by Gasteiger charge is -2.06. The molecule has 3 rings (SSSR count). The first kappa shape index (κ1) is 10.8.